The first-order valence-corrected chi connectivity index (χ1v) is 8.13. The van der Waals surface area contributed by atoms with Gasteiger partial charge in [-0.15, -0.1) is 0 Å². The number of benzene rings is 2. The summed E-state index contributed by atoms with van der Waals surface area (Å²) in [7, 11) is 0. The van der Waals surface area contributed by atoms with Crippen molar-refractivity contribution in [3.05, 3.63) is 92.1 Å². The van der Waals surface area contributed by atoms with Crippen molar-refractivity contribution < 1.29 is 0 Å². The average Bonchev–Trinajstić information content (AvgIpc) is 2.54. The summed E-state index contributed by atoms with van der Waals surface area (Å²) in [5, 5.41) is 1.05. The van der Waals surface area contributed by atoms with E-state index in [1.54, 1.807) is 6.07 Å². The second-order valence-electron chi connectivity index (χ2n) is 4.88. The Balaban J connectivity index is 1.90. The highest BCUT2D eigenvalue weighted by molar-refractivity contribution is 7.99. The lowest BCUT2D eigenvalue weighted by Gasteiger charge is -2.07. The number of aromatic amines is 1. The van der Waals surface area contributed by atoms with Gasteiger partial charge in [-0.2, -0.15) is 0 Å². The number of nitrogens with one attached hydrogen (secondary N) is 1. The lowest BCUT2D eigenvalue weighted by atomic mass is 10.2. The molecule has 1 N–H and O–H groups in total. The highest BCUT2D eigenvalue weighted by Gasteiger charge is 2.08. The number of H-pyrrole nitrogens is 1. The third-order valence-corrected chi connectivity index (χ3v) is 4.69. The molecule has 116 valence electrons. The van der Waals surface area contributed by atoms with Crippen molar-refractivity contribution in [3.8, 4) is 0 Å². The van der Waals surface area contributed by atoms with Gasteiger partial charge in [-0.25, -0.2) is 4.79 Å². The van der Waals surface area contributed by atoms with E-state index < -0.39 is 5.69 Å². The standard InChI is InChI=1S/C17H13ClN2O2S/c18-13-8-4-5-9-14(13)23-15-10-16(21)20(17(22)19-15)11-12-6-2-1-3-7-12/h1-10H,11H2,(H,19,22). The molecule has 0 atom stereocenters. The zero-order chi connectivity index (χ0) is 16.2. The van der Waals surface area contributed by atoms with E-state index in [2.05, 4.69) is 4.98 Å². The van der Waals surface area contributed by atoms with Crippen LogP contribution >= 0.6 is 23.4 Å². The Morgan fingerprint density at radius 3 is 2.39 bits per heavy atom. The Kier molecular flexibility index (Phi) is 4.69. The molecule has 23 heavy (non-hydrogen) atoms. The molecule has 0 aliphatic rings. The molecule has 0 amide bonds. The molecule has 0 aliphatic heterocycles. The van der Waals surface area contributed by atoms with Crippen molar-refractivity contribution in [1.82, 2.24) is 9.55 Å². The Labute approximate surface area is 141 Å². The van der Waals surface area contributed by atoms with Crippen molar-refractivity contribution in [1.29, 1.82) is 0 Å². The fourth-order valence-corrected chi connectivity index (χ4v) is 3.21. The molecule has 3 aromatic rings. The Morgan fingerprint density at radius 2 is 1.70 bits per heavy atom. The van der Waals surface area contributed by atoms with Crippen molar-refractivity contribution in [2.75, 3.05) is 0 Å². The Bertz CT molecular complexity index is 904. The summed E-state index contributed by atoms with van der Waals surface area (Å²) in [6, 6.07) is 18.1. The molecule has 0 radical (unpaired) electrons. The molecule has 0 fully saturated rings. The van der Waals surface area contributed by atoms with Crippen molar-refractivity contribution >= 4 is 23.4 Å². The topological polar surface area (TPSA) is 54.9 Å². The van der Waals surface area contributed by atoms with E-state index in [4.69, 9.17) is 11.6 Å². The van der Waals surface area contributed by atoms with Crippen molar-refractivity contribution in [2.45, 2.75) is 16.5 Å². The van der Waals surface area contributed by atoms with Crippen LogP contribution in [0.2, 0.25) is 5.02 Å². The van der Waals surface area contributed by atoms with E-state index in [-0.39, 0.29) is 12.1 Å². The number of aromatic nitrogens is 2. The van der Waals surface area contributed by atoms with Gasteiger partial charge in [0.1, 0.15) is 0 Å². The molecule has 6 heteroatoms. The Hall–Kier alpha value is -2.24. The van der Waals surface area contributed by atoms with E-state index in [0.29, 0.717) is 10.0 Å². The molecule has 4 nitrogen and oxygen atoms in total. The van der Waals surface area contributed by atoms with E-state index in [1.807, 2.05) is 48.5 Å². The monoisotopic (exact) mass is 344 g/mol. The van der Waals surface area contributed by atoms with Gasteiger partial charge in [0.25, 0.3) is 5.56 Å². The van der Waals surface area contributed by atoms with E-state index in [0.717, 1.165) is 10.5 Å². The number of hydrogen-bond acceptors (Lipinski definition) is 3. The summed E-state index contributed by atoms with van der Waals surface area (Å²) in [5.41, 5.74) is 0.120. The minimum absolute atomic E-state index is 0.242. The zero-order valence-electron chi connectivity index (χ0n) is 12.0. The van der Waals surface area contributed by atoms with Crippen LogP contribution in [0.1, 0.15) is 5.56 Å². The molecule has 2 aromatic carbocycles. The molecule has 0 spiro atoms. The highest BCUT2D eigenvalue weighted by Crippen LogP contribution is 2.30. The normalized spacial score (nSPS) is 10.7. The summed E-state index contributed by atoms with van der Waals surface area (Å²) >= 11 is 7.35. The van der Waals surface area contributed by atoms with Gasteiger partial charge in [0.05, 0.1) is 16.6 Å². The maximum Gasteiger partial charge on any atom is 0.329 e. The number of nitrogens with zero attached hydrogens (tertiary/aromatic N) is 1. The van der Waals surface area contributed by atoms with Gasteiger partial charge in [-0.3, -0.25) is 9.36 Å². The second-order valence-corrected chi connectivity index (χ2v) is 6.37. The molecule has 0 aliphatic carbocycles. The minimum atomic E-state index is -0.434. The summed E-state index contributed by atoms with van der Waals surface area (Å²) < 4.78 is 1.17. The molecular formula is C17H13ClN2O2S. The van der Waals surface area contributed by atoms with Gasteiger partial charge in [0, 0.05) is 11.0 Å². The van der Waals surface area contributed by atoms with E-state index in [1.165, 1.54) is 22.4 Å². The fraction of sp³-hybridized carbons (Fsp3) is 0.0588. The van der Waals surface area contributed by atoms with Crippen LogP contribution in [-0.2, 0) is 6.54 Å². The van der Waals surface area contributed by atoms with Crippen LogP contribution < -0.4 is 11.2 Å². The van der Waals surface area contributed by atoms with Crippen LogP contribution in [0.25, 0.3) is 0 Å². The van der Waals surface area contributed by atoms with Crippen molar-refractivity contribution in [2.24, 2.45) is 0 Å². The van der Waals surface area contributed by atoms with Gasteiger partial charge in [-0.05, 0) is 17.7 Å². The number of halogens is 1. The quantitative estimate of drug-likeness (QED) is 0.738. The first kappa shape index (κ1) is 15.6. The maximum atomic E-state index is 12.2. The fourth-order valence-electron chi connectivity index (χ4n) is 2.12. The molecule has 0 bridgehead atoms. The summed E-state index contributed by atoms with van der Waals surface area (Å²) in [6.07, 6.45) is 0. The third kappa shape index (κ3) is 3.75. The number of hydrogen-bond donors (Lipinski definition) is 1. The van der Waals surface area contributed by atoms with Crippen LogP contribution in [0.5, 0.6) is 0 Å². The first-order chi connectivity index (χ1) is 11.1. The molecule has 0 unspecified atom stereocenters. The van der Waals surface area contributed by atoms with E-state index >= 15 is 0 Å². The van der Waals surface area contributed by atoms with Crippen LogP contribution in [0, 0.1) is 0 Å². The van der Waals surface area contributed by atoms with Gasteiger partial charge in [-0.1, -0.05) is 65.8 Å². The van der Waals surface area contributed by atoms with Crippen LogP contribution in [0.3, 0.4) is 0 Å². The smallest absolute Gasteiger partial charge is 0.301 e. The number of rotatable bonds is 4. The van der Waals surface area contributed by atoms with Crippen LogP contribution in [0.4, 0.5) is 0 Å². The maximum absolute atomic E-state index is 12.2. The molecular weight excluding hydrogens is 332 g/mol. The Morgan fingerprint density at radius 1 is 1.00 bits per heavy atom. The third-order valence-electron chi connectivity index (χ3n) is 3.24. The van der Waals surface area contributed by atoms with Gasteiger partial charge in [0.2, 0.25) is 0 Å². The zero-order valence-corrected chi connectivity index (χ0v) is 13.6. The summed E-state index contributed by atoms with van der Waals surface area (Å²) in [5.74, 6) is 0. The van der Waals surface area contributed by atoms with Gasteiger partial charge >= 0.3 is 5.69 Å². The largest absolute Gasteiger partial charge is 0.329 e. The SMILES string of the molecule is O=c1cc(Sc2ccccc2Cl)[nH]c(=O)n1Cc1ccccc1. The van der Waals surface area contributed by atoms with Crippen molar-refractivity contribution in [3.63, 3.8) is 0 Å². The van der Waals surface area contributed by atoms with Gasteiger partial charge < -0.3 is 4.98 Å². The molecule has 1 aromatic heterocycles. The minimum Gasteiger partial charge on any atom is -0.301 e. The molecule has 3 rings (SSSR count). The molecule has 0 saturated carbocycles. The first-order valence-electron chi connectivity index (χ1n) is 6.94. The second kappa shape index (κ2) is 6.89. The van der Waals surface area contributed by atoms with Crippen LogP contribution in [-0.4, -0.2) is 9.55 Å². The summed E-state index contributed by atoms with van der Waals surface area (Å²) in [6.45, 7) is 0.242. The molecule has 1 heterocycles. The summed E-state index contributed by atoms with van der Waals surface area (Å²) in [4.78, 5) is 27.9. The predicted molar refractivity (Wildman–Crippen MR) is 92.4 cm³/mol. The lowest BCUT2D eigenvalue weighted by Crippen LogP contribution is -2.35. The molecule has 0 saturated heterocycles. The highest BCUT2D eigenvalue weighted by atomic mass is 35.5. The van der Waals surface area contributed by atoms with Crippen LogP contribution in [0.15, 0.2) is 80.2 Å². The predicted octanol–water partition coefficient (Wildman–Crippen LogP) is 3.39. The van der Waals surface area contributed by atoms with Gasteiger partial charge in [0.15, 0.2) is 0 Å². The van der Waals surface area contributed by atoms with E-state index in [9.17, 15) is 9.59 Å². The average molecular weight is 345 g/mol. The lowest BCUT2D eigenvalue weighted by molar-refractivity contribution is 0.681.